The molecule has 28 heavy (non-hydrogen) atoms. The van der Waals surface area contributed by atoms with Crippen molar-refractivity contribution in [3.05, 3.63) is 69.3 Å². The molecule has 0 atom stereocenters. The zero-order chi connectivity index (χ0) is 19.7. The number of fused-ring (bicyclic) bond motifs is 1. The lowest BCUT2D eigenvalue weighted by molar-refractivity contribution is 0.0947. The summed E-state index contributed by atoms with van der Waals surface area (Å²) in [6.07, 6.45) is 1.98. The van der Waals surface area contributed by atoms with E-state index < -0.39 is 0 Å². The zero-order valence-corrected chi connectivity index (χ0v) is 16.7. The van der Waals surface area contributed by atoms with Gasteiger partial charge in [-0.15, -0.1) is 11.3 Å². The first-order chi connectivity index (χ1) is 13.6. The summed E-state index contributed by atoms with van der Waals surface area (Å²) in [5, 5.41) is 1.99. The molecule has 0 radical (unpaired) electrons. The van der Waals surface area contributed by atoms with Crippen molar-refractivity contribution in [2.45, 2.75) is 32.7 Å². The van der Waals surface area contributed by atoms with Crippen molar-refractivity contribution >= 4 is 28.7 Å². The highest BCUT2D eigenvalue weighted by atomic mass is 32.1. The molecule has 0 saturated carbocycles. The van der Waals surface area contributed by atoms with Crippen molar-refractivity contribution in [2.24, 2.45) is 0 Å². The standard InChI is InChI=1S/C22H21NO4S/c1-14-20-18(24)6-3-7-19(20)27-21(14)22(25)23(13-17-5-4-12-28-17)15-8-10-16(26-2)11-9-15/h4-5,8-12H,3,6-7,13H2,1-2H3. The Labute approximate surface area is 167 Å². The van der Waals surface area contributed by atoms with Crippen LogP contribution in [0.4, 0.5) is 5.69 Å². The largest absolute Gasteiger partial charge is 0.497 e. The monoisotopic (exact) mass is 395 g/mol. The van der Waals surface area contributed by atoms with Crippen LogP contribution in [-0.4, -0.2) is 18.8 Å². The molecule has 0 fully saturated rings. The number of methoxy groups -OCH3 is 1. The van der Waals surface area contributed by atoms with Gasteiger partial charge < -0.3 is 14.1 Å². The van der Waals surface area contributed by atoms with Crippen LogP contribution >= 0.6 is 11.3 Å². The second-order valence-electron chi connectivity index (χ2n) is 6.80. The van der Waals surface area contributed by atoms with Crippen LogP contribution in [0.5, 0.6) is 5.75 Å². The number of hydrogen-bond acceptors (Lipinski definition) is 5. The Kier molecular flexibility index (Phi) is 5.05. The van der Waals surface area contributed by atoms with Crippen molar-refractivity contribution in [2.75, 3.05) is 12.0 Å². The first-order valence-electron chi connectivity index (χ1n) is 9.22. The van der Waals surface area contributed by atoms with Gasteiger partial charge in [-0.2, -0.15) is 0 Å². The van der Waals surface area contributed by atoms with E-state index in [4.69, 9.17) is 9.15 Å². The summed E-state index contributed by atoms with van der Waals surface area (Å²) >= 11 is 1.59. The normalized spacial score (nSPS) is 13.3. The lowest BCUT2D eigenvalue weighted by atomic mass is 9.94. The third-order valence-electron chi connectivity index (χ3n) is 5.02. The molecule has 144 valence electrons. The minimum atomic E-state index is -0.238. The zero-order valence-electron chi connectivity index (χ0n) is 15.9. The van der Waals surface area contributed by atoms with Gasteiger partial charge in [0.15, 0.2) is 11.5 Å². The van der Waals surface area contributed by atoms with Crippen molar-refractivity contribution in [1.29, 1.82) is 0 Å². The molecule has 0 spiro atoms. The Morgan fingerprint density at radius 1 is 1.21 bits per heavy atom. The summed E-state index contributed by atoms with van der Waals surface area (Å²) in [5.41, 5.74) is 1.99. The fourth-order valence-corrected chi connectivity index (χ4v) is 4.27. The van der Waals surface area contributed by atoms with E-state index in [9.17, 15) is 9.59 Å². The van der Waals surface area contributed by atoms with Crippen molar-refractivity contribution < 1.29 is 18.7 Å². The van der Waals surface area contributed by atoms with Crippen LogP contribution in [0, 0.1) is 6.92 Å². The van der Waals surface area contributed by atoms with Gasteiger partial charge in [-0.05, 0) is 49.1 Å². The average Bonchev–Trinajstić information content (AvgIpc) is 3.34. The van der Waals surface area contributed by atoms with Gasteiger partial charge >= 0.3 is 0 Å². The number of amides is 1. The van der Waals surface area contributed by atoms with Crippen molar-refractivity contribution in [3.63, 3.8) is 0 Å². The van der Waals surface area contributed by atoms with Gasteiger partial charge in [0, 0.05) is 29.0 Å². The third-order valence-corrected chi connectivity index (χ3v) is 5.88. The van der Waals surface area contributed by atoms with Crippen LogP contribution in [0.3, 0.4) is 0 Å². The predicted octanol–water partition coefficient (Wildman–Crippen LogP) is 5.02. The van der Waals surface area contributed by atoms with E-state index in [-0.39, 0.29) is 17.5 Å². The van der Waals surface area contributed by atoms with E-state index in [1.54, 1.807) is 30.3 Å². The minimum absolute atomic E-state index is 0.0656. The molecule has 0 saturated heterocycles. The lowest BCUT2D eigenvalue weighted by Gasteiger charge is -2.22. The Hall–Kier alpha value is -2.86. The third kappa shape index (κ3) is 3.36. The van der Waals surface area contributed by atoms with Crippen LogP contribution in [0.2, 0.25) is 0 Å². The number of furan rings is 1. The Bertz CT molecular complexity index is 1000. The summed E-state index contributed by atoms with van der Waals surface area (Å²) < 4.78 is 11.1. The maximum atomic E-state index is 13.5. The Morgan fingerprint density at radius 2 is 2.00 bits per heavy atom. The van der Waals surface area contributed by atoms with Gasteiger partial charge in [-0.3, -0.25) is 9.59 Å². The van der Waals surface area contributed by atoms with E-state index >= 15 is 0 Å². The number of ketones is 1. The number of aryl methyl sites for hydroxylation is 1. The number of nitrogens with zero attached hydrogens (tertiary/aromatic N) is 1. The topological polar surface area (TPSA) is 59.8 Å². The fourth-order valence-electron chi connectivity index (χ4n) is 3.58. The van der Waals surface area contributed by atoms with Gasteiger partial charge in [0.2, 0.25) is 0 Å². The molecule has 0 aliphatic heterocycles. The van der Waals surface area contributed by atoms with Gasteiger partial charge in [-0.25, -0.2) is 0 Å². The van der Waals surface area contributed by atoms with Crippen LogP contribution in [-0.2, 0) is 13.0 Å². The number of rotatable bonds is 5. The number of anilines is 1. The average molecular weight is 395 g/mol. The van der Waals surface area contributed by atoms with Crippen LogP contribution in [0.15, 0.2) is 46.2 Å². The molecule has 2 aromatic heterocycles. The molecule has 0 unspecified atom stereocenters. The molecule has 1 amide bonds. The highest BCUT2D eigenvalue weighted by Crippen LogP contribution is 2.32. The maximum Gasteiger partial charge on any atom is 0.294 e. The predicted molar refractivity (Wildman–Crippen MR) is 109 cm³/mol. The maximum absolute atomic E-state index is 13.5. The van der Waals surface area contributed by atoms with E-state index in [1.165, 1.54) is 0 Å². The van der Waals surface area contributed by atoms with Crippen molar-refractivity contribution in [3.8, 4) is 5.75 Å². The van der Waals surface area contributed by atoms with Crippen LogP contribution in [0.1, 0.15) is 50.0 Å². The molecule has 1 aliphatic rings. The van der Waals surface area contributed by atoms with Gasteiger partial charge in [0.05, 0.1) is 19.2 Å². The molecule has 5 nitrogen and oxygen atoms in total. The number of benzene rings is 1. The smallest absolute Gasteiger partial charge is 0.294 e. The summed E-state index contributed by atoms with van der Waals surface area (Å²) in [5.74, 6) is 1.45. The number of carbonyl (C=O) groups is 2. The SMILES string of the molecule is COc1ccc(N(Cc2cccs2)C(=O)c2oc3c(c2C)C(=O)CCC3)cc1. The molecule has 0 N–H and O–H groups in total. The van der Waals surface area contributed by atoms with E-state index in [0.29, 0.717) is 36.3 Å². The first-order valence-corrected chi connectivity index (χ1v) is 10.1. The summed E-state index contributed by atoms with van der Waals surface area (Å²) in [6.45, 7) is 2.23. The molecule has 1 aliphatic carbocycles. The molecular weight excluding hydrogens is 374 g/mol. The van der Waals surface area contributed by atoms with Crippen molar-refractivity contribution in [1.82, 2.24) is 0 Å². The highest BCUT2D eigenvalue weighted by molar-refractivity contribution is 7.09. The van der Waals surface area contributed by atoms with Crippen LogP contribution in [0.25, 0.3) is 0 Å². The molecular formula is C22H21NO4S. The summed E-state index contributed by atoms with van der Waals surface area (Å²) in [6, 6.07) is 11.3. The van der Waals surface area contributed by atoms with Gasteiger partial charge in [0.1, 0.15) is 11.5 Å². The summed E-state index contributed by atoms with van der Waals surface area (Å²) in [4.78, 5) is 28.5. The molecule has 3 aromatic rings. The van der Waals surface area contributed by atoms with E-state index in [0.717, 1.165) is 22.7 Å². The highest BCUT2D eigenvalue weighted by Gasteiger charge is 2.31. The second kappa shape index (κ2) is 7.64. The number of thiophene rings is 1. The quantitative estimate of drug-likeness (QED) is 0.608. The van der Waals surface area contributed by atoms with Gasteiger partial charge in [0.25, 0.3) is 5.91 Å². The Balaban J connectivity index is 1.73. The molecule has 0 bridgehead atoms. The van der Waals surface area contributed by atoms with E-state index in [1.807, 2.05) is 41.8 Å². The van der Waals surface area contributed by atoms with Crippen LogP contribution < -0.4 is 9.64 Å². The molecule has 4 rings (SSSR count). The number of hydrogen-bond donors (Lipinski definition) is 0. The van der Waals surface area contributed by atoms with E-state index in [2.05, 4.69) is 0 Å². The second-order valence-corrected chi connectivity index (χ2v) is 7.83. The summed E-state index contributed by atoms with van der Waals surface area (Å²) in [7, 11) is 1.61. The Morgan fingerprint density at radius 3 is 2.64 bits per heavy atom. The number of Topliss-reactive ketones (excluding diaryl/α,β-unsaturated/α-hetero) is 1. The number of ether oxygens (including phenoxy) is 1. The van der Waals surface area contributed by atoms with Gasteiger partial charge in [-0.1, -0.05) is 6.07 Å². The molecule has 1 aromatic carbocycles. The fraction of sp³-hybridized carbons (Fsp3) is 0.273. The lowest BCUT2D eigenvalue weighted by Crippen LogP contribution is -2.30. The first kappa shape index (κ1) is 18.5. The number of carbonyl (C=O) groups excluding carboxylic acids is 2. The minimum Gasteiger partial charge on any atom is -0.497 e. The molecule has 2 heterocycles. The molecule has 6 heteroatoms.